The molecule has 1 saturated heterocycles. The molecule has 1 fully saturated rings. The van der Waals surface area contributed by atoms with E-state index in [9.17, 15) is 31.8 Å². The number of sulfone groups is 1. The number of ether oxygens (including phenoxy) is 1. The Morgan fingerprint density at radius 3 is 2.50 bits per heavy atom. The predicted molar refractivity (Wildman–Crippen MR) is 118 cm³/mol. The Kier molecular flexibility index (Phi) is 6.67. The van der Waals surface area contributed by atoms with Crippen molar-refractivity contribution in [3.63, 3.8) is 0 Å². The van der Waals surface area contributed by atoms with Crippen LogP contribution in [0.15, 0.2) is 47.4 Å². The van der Waals surface area contributed by atoms with Crippen LogP contribution in [-0.4, -0.2) is 63.2 Å². The van der Waals surface area contributed by atoms with Gasteiger partial charge < -0.3 is 20.3 Å². The van der Waals surface area contributed by atoms with E-state index in [2.05, 4.69) is 5.32 Å². The summed E-state index contributed by atoms with van der Waals surface area (Å²) in [5.74, 6) is -1.86. The van der Waals surface area contributed by atoms with Crippen molar-refractivity contribution < 1.29 is 36.6 Å². The van der Waals surface area contributed by atoms with Crippen LogP contribution in [0.4, 0.5) is 11.4 Å². The Bertz CT molecular complexity index is 1230. The van der Waals surface area contributed by atoms with Crippen LogP contribution in [0.1, 0.15) is 13.8 Å². The lowest BCUT2D eigenvalue weighted by molar-refractivity contribution is -0.114. The maximum atomic E-state index is 13.9. The molecular formula is C20H24N2O8S2. The maximum Gasteiger partial charge on any atom is 0.268 e. The van der Waals surface area contributed by atoms with Crippen LogP contribution in [0, 0.1) is 0 Å². The van der Waals surface area contributed by atoms with E-state index in [0.29, 0.717) is 0 Å². The van der Waals surface area contributed by atoms with Gasteiger partial charge in [0.2, 0.25) is 5.91 Å². The average Bonchev–Trinajstić information content (AvgIpc) is 2.94. The summed E-state index contributed by atoms with van der Waals surface area (Å²) in [6, 6.07) is 8.00. The minimum Gasteiger partial charge on any atom is -0.508 e. The van der Waals surface area contributed by atoms with Crippen LogP contribution < -0.4 is 14.4 Å². The lowest BCUT2D eigenvalue weighted by Gasteiger charge is -2.32. The first-order chi connectivity index (χ1) is 14.9. The number of rotatable bonds is 7. The van der Waals surface area contributed by atoms with Crippen LogP contribution >= 0.6 is 0 Å². The van der Waals surface area contributed by atoms with Crippen LogP contribution in [-0.2, 0) is 24.7 Å². The minimum atomic E-state index is -4.53. The molecule has 0 saturated carbocycles. The summed E-state index contributed by atoms with van der Waals surface area (Å²) in [6.45, 7) is 3.08. The Morgan fingerprint density at radius 2 is 1.94 bits per heavy atom. The summed E-state index contributed by atoms with van der Waals surface area (Å²) in [5.41, 5.74) is 0.161. The molecule has 2 aromatic rings. The normalized spacial score (nSPS) is 20.0. The smallest absolute Gasteiger partial charge is 0.268 e. The van der Waals surface area contributed by atoms with E-state index in [0.717, 1.165) is 10.4 Å². The fourth-order valence-electron chi connectivity index (χ4n) is 3.54. The third kappa shape index (κ3) is 4.97. The number of sulfonamides is 1. The third-order valence-electron chi connectivity index (χ3n) is 4.78. The summed E-state index contributed by atoms with van der Waals surface area (Å²) in [7, 11) is -8.23. The van der Waals surface area contributed by atoms with E-state index in [-0.39, 0.29) is 34.4 Å². The van der Waals surface area contributed by atoms with Crippen LogP contribution in [0.25, 0.3) is 0 Å². The Balaban J connectivity index is 2.23. The fourth-order valence-corrected chi connectivity index (χ4v) is 7.24. The molecule has 0 spiro atoms. The highest BCUT2D eigenvalue weighted by Crippen LogP contribution is 2.37. The summed E-state index contributed by atoms with van der Waals surface area (Å²) >= 11 is 0. The number of carbonyl (C=O) groups is 1. The topological polar surface area (TPSA) is 150 Å². The zero-order chi connectivity index (χ0) is 23.7. The van der Waals surface area contributed by atoms with Gasteiger partial charge in [0.1, 0.15) is 16.4 Å². The molecular weight excluding hydrogens is 460 g/mol. The molecule has 2 aromatic carbocycles. The highest BCUT2D eigenvalue weighted by Gasteiger charge is 2.45. The number of phenolic OH excluding ortho intramolecular Hbond substituents is 1. The van der Waals surface area contributed by atoms with Crippen LogP contribution in [0.5, 0.6) is 11.5 Å². The average molecular weight is 485 g/mol. The van der Waals surface area contributed by atoms with Gasteiger partial charge >= 0.3 is 0 Å². The number of aliphatic hydroxyl groups is 1. The largest absolute Gasteiger partial charge is 0.508 e. The van der Waals surface area contributed by atoms with E-state index in [4.69, 9.17) is 4.74 Å². The second kappa shape index (κ2) is 8.96. The molecule has 3 N–H and O–H groups in total. The number of aliphatic hydroxyl groups excluding tert-OH is 1. The third-order valence-corrected chi connectivity index (χ3v) is 8.35. The van der Waals surface area contributed by atoms with Gasteiger partial charge in [-0.3, -0.25) is 9.10 Å². The quantitative estimate of drug-likeness (QED) is 0.529. The summed E-state index contributed by atoms with van der Waals surface area (Å²) in [4.78, 5) is 11.1. The molecule has 0 bridgehead atoms. The molecule has 174 valence electrons. The molecule has 0 aliphatic carbocycles. The molecule has 1 heterocycles. The molecule has 3 rings (SSSR count). The van der Waals surface area contributed by atoms with Crippen molar-refractivity contribution in [2.75, 3.05) is 27.7 Å². The number of benzene rings is 2. The molecule has 1 aliphatic heterocycles. The van der Waals surface area contributed by atoms with E-state index < -0.39 is 49.4 Å². The van der Waals surface area contributed by atoms with Gasteiger partial charge in [-0.2, -0.15) is 0 Å². The van der Waals surface area contributed by atoms with Gasteiger partial charge in [-0.15, -0.1) is 0 Å². The van der Waals surface area contributed by atoms with Gasteiger partial charge in [-0.05, 0) is 37.3 Å². The number of aromatic hydroxyl groups is 1. The van der Waals surface area contributed by atoms with Gasteiger partial charge in [0.15, 0.2) is 9.84 Å². The second-order valence-electron chi connectivity index (χ2n) is 7.31. The summed E-state index contributed by atoms with van der Waals surface area (Å²) in [6.07, 6.45) is -1.48. The van der Waals surface area contributed by atoms with Crippen molar-refractivity contribution in [2.24, 2.45) is 0 Å². The highest BCUT2D eigenvalue weighted by atomic mass is 32.2. The standard InChI is InChI=1S/C20H24N2O8S2/c1-3-30-19-8-7-14(21-13(2)23)9-20(19)32(28,29)22(15-5-4-6-16(24)10-15)17-11-31(26,27)12-18(17)25/h4-10,17-18,24-25H,3,11-12H2,1-2H3,(H,21,23). The highest BCUT2D eigenvalue weighted by molar-refractivity contribution is 7.93. The fraction of sp³-hybridized carbons (Fsp3) is 0.350. The number of phenols is 1. The van der Waals surface area contributed by atoms with Crippen molar-refractivity contribution >= 4 is 37.1 Å². The number of carbonyl (C=O) groups excluding carboxylic acids is 1. The molecule has 12 heteroatoms. The first-order valence-electron chi connectivity index (χ1n) is 9.71. The lowest BCUT2D eigenvalue weighted by Crippen LogP contribution is -2.47. The van der Waals surface area contributed by atoms with Crippen molar-refractivity contribution in [3.05, 3.63) is 42.5 Å². The number of amides is 1. The molecule has 32 heavy (non-hydrogen) atoms. The van der Waals surface area contributed by atoms with Crippen LogP contribution in [0.3, 0.4) is 0 Å². The molecule has 0 aromatic heterocycles. The number of hydrogen-bond donors (Lipinski definition) is 3. The molecule has 10 nitrogen and oxygen atoms in total. The van der Waals surface area contributed by atoms with Crippen molar-refractivity contribution in [1.82, 2.24) is 0 Å². The Labute approximate surface area is 186 Å². The van der Waals surface area contributed by atoms with E-state index >= 15 is 0 Å². The summed E-state index contributed by atoms with van der Waals surface area (Å²) in [5, 5.41) is 22.9. The van der Waals surface area contributed by atoms with Gasteiger partial charge in [0, 0.05) is 18.7 Å². The molecule has 2 unspecified atom stereocenters. The number of nitrogens with zero attached hydrogens (tertiary/aromatic N) is 1. The van der Waals surface area contributed by atoms with Crippen LogP contribution in [0.2, 0.25) is 0 Å². The monoisotopic (exact) mass is 484 g/mol. The van der Waals surface area contributed by atoms with Gasteiger partial charge in [-0.1, -0.05) is 6.07 Å². The number of anilines is 2. The first kappa shape index (κ1) is 23.8. The molecule has 2 atom stereocenters. The zero-order valence-corrected chi connectivity index (χ0v) is 19.1. The lowest BCUT2D eigenvalue weighted by atomic mass is 10.2. The van der Waals surface area contributed by atoms with Crippen molar-refractivity contribution in [2.45, 2.75) is 30.9 Å². The first-order valence-corrected chi connectivity index (χ1v) is 13.0. The van der Waals surface area contributed by atoms with Gasteiger partial charge in [0.05, 0.1) is 35.9 Å². The SMILES string of the molecule is CCOc1ccc(NC(C)=O)cc1S(=O)(=O)N(c1cccc(O)c1)C1CS(=O)(=O)CC1O. The number of nitrogens with one attached hydrogen (secondary N) is 1. The molecule has 0 radical (unpaired) electrons. The van der Waals surface area contributed by atoms with E-state index in [1.165, 1.54) is 43.3 Å². The van der Waals surface area contributed by atoms with Crippen molar-refractivity contribution in [3.8, 4) is 11.5 Å². The van der Waals surface area contributed by atoms with Gasteiger partial charge in [-0.25, -0.2) is 16.8 Å². The predicted octanol–water partition coefficient (Wildman–Crippen LogP) is 1.10. The molecule has 1 aliphatic rings. The van der Waals surface area contributed by atoms with Gasteiger partial charge in [0.25, 0.3) is 10.0 Å². The summed E-state index contributed by atoms with van der Waals surface area (Å²) < 4.78 is 58.3. The van der Waals surface area contributed by atoms with E-state index in [1.54, 1.807) is 6.92 Å². The second-order valence-corrected chi connectivity index (χ2v) is 11.2. The number of hydrogen-bond acceptors (Lipinski definition) is 8. The Hall–Kier alpha value is -2.83. The minimum absolute atomic E-state index is 0.0119. The zero-order valence-electron chi connectivity index (χ0n) is 17.4. The van der Waals surface area contributed by atoms with E-state index in [1.807, 2.05) is 0 Å². The molecule has 1 amide bonds. The maximum absolute atomic E-state index is 13.9. The Morgan fingerprint density at radius 1 is 1.22 bits per heavy atom. The van der Waals surface area contributed by atoms with Crippen molar-refractivity contribution in [1.29, 1.82) is 0 Å².